The molecule has 2 aromatic carbocycles. The lowest BCUT2D eigenvalue weighted by Crippen LogP contribution is -2.09. The number of hydrogen-bond donors (Lipinski definition) is 0. The lowest BCUT2D eigenvalue weighted by Gasteiger charge is -2.14. The Morgan fingerprint density at radius 2 is 1.83 bits per heavy atom. The number of esters is 1. The van der Waals surface area contributed by atoms with Crippen LogP contribution in [0, 0.1) is 0 Å². The minimum atomic E-state index is -0.266. The van der Waals surface area contributed by atoms with Gasteiger partial charge in [-0.25, -0.2) is 0 Å². The van der Waals surface area contributed by atoms with Gasteiger partial charge in [-0.15, -0.1) is 0 Å². The van der Waals surface area contributed by atoms with Crippen molar-refractivity contribution in [3.63, 3.8) is 0 Å². The van der Waals surface area contributed by atoms with Crippen LogP contribution < -0.4 is 9.47 Å². The number of halogens is 2. The van der Waals surface area contributed by atoms with Crippen molar-refractivity contribution in [3.05, 3.63) is 56.5 Å². The van der Waals surface area contributed by atoms with Gasteiger partial charge in [0.2, 0.25) is 0 Å². The second-order valence-corrected chi connectivity index (χ2v) is 6.66. The Hall–Kier alpha value is -1.33. The maximum absolute atomic E-state index is 11.6. The van der Waals surface area contributed by atoms with Crippen LogP contribution in [0.15, 0.2) is 45.3 Å². The zero-order chi connectivity index (χ0) is 16.8. The Morgan fingerprint density at radius 3 is 2.48 bits per heavy atom. The number of carbonyl (C=O) groups is 1. The first-order chi connectivity index (χ1) is 11.0. The summed E-state index contributed by atoms with van der Waals surface area (Å²) in [6.07, 6.45) is 1.30. The molecule has 0 aliphatic carbocycles. The molecule has 0 aliphatic heterocycles. The number of carbonyl (C=O) groups excluding carboxylic acids is 1. The second-order valence-electron chi connectivity index (χ2n) is 4.95. The quantitative estimate of drug-likeness (QED) is 0.428. The number of rotatable bonds is 6. The summed E-state index contributed by atoms with van der Waals surface area (Å²) >= 11 is 7.02. The molecule has 0 fully saturated rings. The van der Waals surface area contributed by atoms with Crippen molar-refractivity contribution >= 4 is 37.8 Å². The molecule has 0 atom stereocenters. The van der Waals surface area contributed by atoms with Crippen molar-refractivity contribution in [2.45, 2.75) is 33.3 Å². The van der Waals surface area contributed by atoms with Crippen LogP contribution in [-0.4, -0.2) is 5.97 Å². The van der Waals surface area contributed by atoms with Gasteiger partial charge in [0, 0.05) is 16.5 Å². The first-order valence-electron chi connectivity index (χ1n) is 7.44. The Kier molecular flexibility index (Phi) is 6.66. The third kappa shape index (κ3) is 4.82. The molecule has 0 heterocycles. The third-order valence-electron chi connectivity index (χ3n) is 3.36. The fourth-order valence-corrected chi connectivity index (χ4v) is 3.00. The molecule has 23 heavy (non-hydrogen) atoms. The molecule has 122 valence electrons. The average Bonchev–Trinajstić information content (AvgIpc) is 2.55. The van der Waals surface area contributed by atoms with Crippen LogP contribution >= 0.6 is 31.9 Å². The van der Waals surface area contributed by atoms with E-state index in [2.05, 4.69) is 38.8 Å². The predicted molar refractivity (Wildman–Crippen MR) is 97.9 cm³/mol. The maximum atomic E-state index is 11.6. The standard InChI is InChI=1S/C18H18Br2O3/c1-3-12-8-9-17(15(20)10-12)22-11-13-14(19)6-5-7-16(13)23-18(21)4-2/h5-10H,3-4,11H2,1-2H3. The van der Waals surface area contributed by atoms with Crippen molar-refractivity contribution in [1.29, 1.82) is 0 Å². The maximum Gasteiger partial charge on any atom is 0.310 e. The molecular formula is C18H18Br2O3. The van der Waals surface area contributed by atoms with Crippen LogP contribution in [0.1, 0.15) is 31.4 Å². The number of aryl methyl sites for hydroxylation is 1. The van der Waals surface area contributed by atoms with E-state index in [9.17, 15) is 4.79 Å². The summed E-state index contributed by atoms with van der Waals surface area (Å²) in [6.45, 7) is 4.18. The van der Waals surface area contributed by atoms with Crippen LogP contribution in [0.4, 0.5) is 0 Å². The van der Waals surface area contributed by atoms with Gasteiger partial charge in [0.25, 0.3) is 0 Å². The molecule has 0 bridgehead atoms. The Bertz CT molecular complexity index is 699. The second kappa shape index (κ2) is 8.50. The van der Waals surface area contributed by atoms with E-state index in [1.54, 1.807) is 13.0 Å². The van der Waals surface area contributed by atoms with Crippen molar-refractivity contribution in [2.75, 3.05) is 0 Å². The highest BCUT2D eigenvalue weighted by Gasteiger charge is 2.13. The van der Waals surface area contributed by atoms with Gasteiger partial charge in [-0.2, -0.15) is 0 Å². The van der Waals surface area contributed by atoms with Gasteiger partial charge >= 0.3 is 5.97 Å². The van der Waals surface area contributed by atoms with Crippen molar-refractivity contribution < 1.29 is 14.3 Å². The molecule has 0 saturated heterocycles. The largest absolute Gasteiger partial charge is 0.488 e. The summed E-state index contributed by atoms with van der Waals surface area (Å²) in [7, 11) is 0. The van der Waals surface area contributed by atoms with Gasteiger partial charge < -0.3 is 9.47 Å². The molecule has 2 rings (SSSR count). The molecule has 0 amide bonds. The van der Waals surface area contributed by atoms with E-state index in [0.29, 0.717) is 18.8 Å². The zero-order valence-corrected chi connectivity index (χ0v) is 16.2. The van der Waals surface area contributed by atoms with Crippen LogP contribution in [0.2, 0.25) is 0 Å². The summed E-state index contributed by atoms with van der Waals surface area (Å²) in [6, 6.07) is 11.5. The van der Waals surface area contributed by atoms with Crippen LogP contribution in [-0.2, 0) is 17.8 Å². The van der Waals surface area contributed by atoms with E-state index >= 15 is 0 Å². The van der Waals surface area contributed by atoms with Crippen LogP contribution in [0.5, 0.6) is 11.5 Å². The molecule has 2 aromatic rings. The lowest BCUT2D eigenvalue weighted by atomic mass is 10.2. The van der Waals surface area contributed by atoms with Gasteiger partial charge in [-0.3, -0.25) is 4.79 Å². The molecule has 0 radical (unpaired) electrons. The first-order valence-corrected chi connectivity index (χ1v) is 9.03. The molecule has 5 heteroatoms. The molecular weight excluding hydrogens is 424 g/mol. The van der Waals surface area contributed by atoms with E-state index < -0.39 is 0 Å². The van der Waals surface area contributed by atoms with Crippen molar-refractivity contribution in [1.82, 2.24) is 0 Å². The summed E-state index contributed by atoms with van der Waals surface area (Å²) in [5.41, 5.74) is 2.04. The average molecular weight is 442 g/mol. The van der Waals surface area contributed by atoms with E-state index in [1.165, 1.54) is 5.56 Å². The lowest BCUT2D eigenvalue weighted by molar-refractivity contribution is -0.134. The monoisotopic (exact) mass is 440 g/mol. The molecule has 0 spiro atoms. The number of hydrogen-bond acceptors (Lipinski definition) is 3. The van der Waals surface area contributed by atoms with Crippen molar-refractivity contribution in [2.24, 2.45) is 0 Å². The van der Waals surface area contributed by atoms with Crippen LogP contribution in [0.3, 0.4) is 0 Å². The Labute approximate surface area is 153 Å². The minimum absolute atomic E-state index is 0.266. The fourth-order valence-electron chi connectivity index (χ4n) is 2.00. The minimum Gasteiger partial charge on any atom is -0.488 e. The summed E-state index contributed by atoms with van der Waals surface area (Å²) in [4.78, 5) is 11.6. The highest BCUT2D eigenvalue weighted by Crippen LogP contribution is 2.31. The molecule has 0 unspecified atom stereocenters. The highest BCUT2D eigenvalue weighted by molar-refractivity contribution is 9.10. The fraction of sp³-hybridized carbons (Fsp3) is 0.278. The van der Waals surface area contributed by atoms with Gasteiger partial charge in [-0.05, 0) is 52.2 Å². The van der Waals surface area contributed by atoms with E-state index in [0.717, 1.165) is 26.7 Å². The van der Waals surface area contributed by atoms with Crippen molar-refractivity contribution in [3.8, 4) is 11.5 Å². The summed E-state index contributed by atoms with van der Waals surface area (Å²) in [5, 5.41) is 0. The van der Waals surface area contributed by atoms with Gasteiger partial charge in [0.1, 0.15) is 18.1 Å². The topological polar surface area (TPSA) is 35.5 Å². The van der Waals surface area contributed by atoms with E-state index in [1.807, 2.05) is 30.3 Å². The molecule has 0 aromatic heterocycles. The molecule has 3 nitrogen and oxygen atoms in total. The predicted octanol–water partition coefficient (Wildman–Crippen LogP) is 5.67. The SMILES string of the molecule is CCC(=O)Oc1cccc(Br)c1COc1ccc(CC)cc1Br. The highest BCUT2D eigenvalue weighted by atomic mass is 79.9. The first kappa shape index (κ1) is 18.0. The summed E-state index contributed by atoms with van der Waals surface area (Å²) < 4.78 is 13.0. The Balaban J connectivity index is 2.18. The molecule has 0 N–H and O–H groups in total. The smallest absolute Gasteiger partial charge is 0.310 e. The van der Waals surface area contributed by atoms with Crippen LogP contribution in [0.25, 0.3) is 0 Å². The Morgan fingerprint density at radius 1 is 1.04 bits per heavy atom. The van der Waals surface area contributed by atoms with Gasteiger partial charge in [-0.1, -0.05) is 41.9 Å². The van der Waals surface area contributed by atoms with E-state index in [-0.39, 0.29) is 5.97 Å². The molecule has 0 saturated carbocycles. The number of ether oxygens (including phenoxy) is 2. The van der Waals surface area contributed by atoms with Gasteiger partial charge in [0.05, 0.1) is 4.47 Å². The summed E-state index contributed by atoms with van der Waals surface area (Å²) in [5.74, 6) is 1.01. The normalized spacial score (nSPS) is 10.4. The zero-order valence-electron chi connectivity index (χ0n) is 13.1. The number of benzene rings is 2. The molecule has 0 aliphatic rings. The van der Waals surface area contributed by atoms with Gasteiger partial charge in [0.15, 0.2) is 0 Å². The van der Waals surface area contributed by atoms with E-state index in [4.69, 9.17) is 9.47 Å². The third-order valence-corrected chi connectivity index (χ3v) is 4.73.